The highest BCUT2D eigenvalue weighted by Crippen LogP contribution is 2.36. The molecule has 2 atom stereocenters. The van der Waals surface area contributed by atoms with Crippen molar-refractivity contribution in [2.24, 2.45) is 29.4 Å². The fraction of sp³-hybridized carbons (Fsp3) is 1.00. The Labute approximate surface area is 132 Å². The average molecular weight is 295 g/mol. The molecule has 2 aliphatic rings. The summed E-state index contributed by atoms with van der Waals surface area (Å²) in [5.41, 5.74) is 6.03. The van der Waals surface area contributed by atoms with Crippen LogP contribution in [-0.4, -0.2) is 19.1 Å². The number of nitrogens with one attached hydrogen (secondary N) is 1. The van der Waals surface area contributed by atoms with Crippen molar-refractivity contribution in [3.8, 4) is 0 Å². The zero-order chi connectivity index (χ0) is 15.2. The summed E-state index contributed by atoms with van der Waals surface area (Å²) in [5, 5.41) is 3.45. The Balaban J connectivity index is 1.65. The second-order valence-electron chi connectivity index (χ2n) is 8.11. The quantitative estimate of drug-likeness (QED) is 0.765. The molecule has 0 bridgehead atoms. The first kappa shape index (κ1) is 17.3. The topological polar surface area (TPSA) is 38.0 Å². The molecule has 2 fully saturated rings. The van der Waals surface area contributed by atoms with Gasteiger partial charge in [-0.3, -0.25) is 0 Å². The lowest BCUT2D eigenvalue weighted by Crippen LogP contribution is -2.32. The molecule has 2 saturated carbocycles. The Bertz CT molecular complexity index is 275. The van der Waals surface area contributed by atoms with Crippen LogP contribution in [0.3, 0.4) is 0 Å². The summed E-state index contributed by atoms with van der Waals surface area (Å²) in [7, 11) is 2.12. The van der Waals surface area contributed by atoms with Crippen molar-refractivity contribution in [3.63, 3.8) is 0 Å². The lowest BCUT2D eigenvalue weighted by Gasteiger charge is -2.34. The van der Waals surface area contributed by atoms with Gasteiger partial charge in [0.2, 0.25) is 0 Å². The van der Waals surface area contributed by atoms with Crippen molar-refractivity contribution in [2.45, 2.75) is 90.1 Å². The third-order valence-corrected chi connectivity index (χ3v) is 6.68. The maximum Gasteiger partial charge on any atom is 0.00642 e. The monoisotopic (exact) mass is 294 g/mol. The number of nitrogens with two attached hydrogens (primary N) is 1. The molecule has 0 spiro atoms. The Morgan fingerprint density at radius 1 is 0.810 bits per heavy atom. The van der Waals surface area contributed by atoms with E-state index in [1.54, 1.807) is 0 Å². The van der Waals surface area contributed by atoms with Crippen molar-refractivity contribution in [3.05, 3.63) is 0 Å². The second-order valence-corrected chi connectivity index (χ2v) is 8.11. The van der Waals surface area contributed by atoms with Gasteiger partial charge in [0, 0.05) is 12.1 Å². The van der Waals surface area contributed by atoms with Gasteiger partial charge in [-0.2, -0.15) is 0 Å². The van der Waals surface area contributed by atoms with Crippen LogP contribution in [-0.2, 0) is 0 Å². The molecule has 2 nitrogen and oxygen atoms in total. The fourth-order valence-corrected chi connectivity index (χ4v) is 4.69. The molecule has 0 aliphatic heterocycles. The molecule has 0 aromatic rings. The van der Waals surface area contributed by atoms with Gasteiger partial charge in [0.15, 0.2) is 0 Å². The van der Waals surface area contributed by atoms with Crippen LogP contribution in [0, 0.1) is 23.7 Å². The van der Waals surface area contributed by atoms with E-state index in [2.05, 4.69) is 26.2 Å². The Kier molecular flexibility index (Phi) is 7.01. The zero-order valence-corrected chi connectivity index (χ0v) is 14.6. The van der Waals surface area contributed by atoms with E-state index in [0.29, 0.717) is 6.04 Å². The second kappa shape index (κ2) is 8.53. The summed E-state index contributed by atoms with van der Waals surface area (Å²) >= 11 is 0. The van der Waals surface area contributed by atoms with Gasteiger partial charge in [-0.1, -0.05) is 26.7 Å². The molecule has 0 radical (unpaired) electrons. The van der Waals surface area contributed by atoms with Crippen LogP contribution in [0.4, 0.5) is 0 Å². The average Bonchev–Trinajstić information content (AvgIpc) is 2.53. The van der Waals surface area contributed by atoms with Crippen molar-refractivity contribution < 1.29 is 0 Å². The van der Waals surface area contributed by atoms with Gasteiger partial charge in [0.25, 0.3) is 0 Å². The summed E-state index contributed by atoms with van der Waals surface area (Å²) in [4.78, 5) is 0. The third-order valence-electron chi connectivity index (χ3n) is 6.68. The predicted octanol–water partition coefficient (Wildman–Crippen LogP) is 4.33. The van der Waals surface area contributed by atoms with E-state index in [9.17, 15) is 0 Å². The molecular formula is C19H38N2. The van der Waals surface area contributed by atoms with Gasteiger partial charge in [-0.25, -0.2) is 0 Å². The molecule has 0 aromatic carbocycles. The largest absolute Gasteiger partial charge is 0.328 e. The molecule has 2 unspecified atom stereocenters. The van der Waals surface area contributed by atoms with E-state index in [0.717, 1.165) is 29.7 Å². The maximum absolute atomic E-state index is 6.03. The molecule has 124 valence electrons. The Morgan fingerprint density at radius 3 is 1.67 bits per heavy atom. The van der Waals surface area contributed by atoms with Crippen molar-refractivity contribution in [2.75, 3.05) is 7.05 Å². The minimum Gasteiger partial charge on any atom is -0.328 e. The van der Waals surface area contributed by atoms with E-state index in [1.165, 1.54) is 64.2 Å². The Hall–Kier alpha value is -0.0800. The third kappa shape index (κ3) is 5.25. The summed E-state index contributed by atoms with van der Waals surface area (Å²) < 4.78 is 0. The van der Waals surface area contributed by atoms with Gasteiger partial charge in [0.05, 0.1) is 0 Å². The van der Waals surface area contributed by atoms with Crippen LogP contribution < -0.4 is 11.1 Å². The molecule has 2 aliphatic carbocycles. The van der Waals surface area contributed by atoms with E-state index < -0.39 is 0 Å². The first-order chi connectivity index (χ1) is 10.1. The van der Waals surface area contributed by atoms with Gasteiger partial charge >= 0.3 is 0 Å². The smallest absolute Gasteiger partial charge is 0.00642 e. The zero-order valence-electron chi connectivity index (χ0n) is 14.6. The van der Waals surface area contributed by atoms with Crippen LogP contribution in [0.2, 0.25) is 0 Å². The van der Waals surface area contributed by atoms with Crippen LogP contribution in [0.1, 0.15) is 78.1 Å². The number of rotatable bonds is 6. The maximum atomic E-state index is 6.03. The predicted molar refractivity (Wildman–Crippen MR) is 92.3 cm³/mol. The van der Waals surface area contributed by atoms with Crippen LogP contribution in [0.25, 0.3) is 0 Å². The van der Waals surface area contributed by atoms with Crippen molar-refractivity contribution in [1.82, 2.24) is 5.32 Å². The van der Waals surface area contributed by atoms with Gasteiger partial charge in [0.1, 0.15) is 0 Å². The molecule has 0 heterocycles. The van der Waals surface area contributed by atoms with E-state index >= 15 is 0 Å². The standard InChI is InChI=1S/C19H38N2/c1-14(16-6-10-18(20)11-7-16)4-5-15(2)17-8-12-19(21-3)13-9-17/h14-19,21H,4-13,20H2,1-3H3. The summed E-state index contributed by atoms with van der Waals surface area (Å²) in [5.74, 6) is 3.78. The summed E-state index contributed by atoms with van der Waals surface area (Å²) in [6, 6.07) is 1.29. The van der Waals surface area contributed by atoms with Crippen LogP contribution >= 0.6 is 0 Å². The summed E-state index contributed by atoms with van der Waals surface area (Å²) in [6.07, 6.45) is 13.8. The van der Waals surface area contributed by atoms with Crippen molar-refractivity contribution >= 4 is 0 Å². The Morgan fingerprint density at radius 2 is 1.24 bits per heavy atom. The highest BCUT2D eigenvalue weighted by atomic mass is 14.9. The van der Waals surface area contributed by atoms with Crippen LogP contribution in [0.5, 0.6) is 0 Å². The molecule has 0 aromatic heterocycles. The lowest BCUT2D eigenvalue weighted by atomic mass is 9.73. The normalized spacial score (nSPS) is 37.1. The molecular weight excluding hydrogens is 256 g/mol. The molecule has 2 rings (SSSR count). The fourth-order valence-electron chi connectivity index (χ4n) is 4.69. The first-order valence-corrected chi connectivity index (χ1v) is 9.53. The number of hydrogen-bond donors (Lipinski definition) is 2. The number of hydrogen-bond acceptors (Lipinski definition) is 2. The lowest BCUT2D eigenvalue weighted by molar-refractivity contribution is 0.190. The minimum atomic E-state index is 0.495. The van der Waals surface area contributed by atoms with Gasteiger partial charge < -0.3 is 11.1 Å². The van der Waals surface area contributed by atoms with Crippen LogP contribution in [0.15, 0.2) is 0 Å². The first-order valence-electron chi connectivity index (χ1n) is 9.53. The highest BCUT2D eigenvalue weighted by molar-refractivity contribution is 4.81. The molecule has 0 saturated heterocycles. The van der Waals surface area contributed by atoms with Gasteiger partial charge in [-0.15, -0.1) is 0 Å². The van der Waals surface area contributed by atoms with E-state index in [4.69, 9.17) is 5.73 Å². The minimum absolute atomic E-state index is 0.495. The highest BCUT2D eigenvalue weighted by Gasteiger charge is 2.27. The molecule has 0 amide bonds. The van der Waals surface area contributed by atoms with Crippen molar-refractivity contribution in [1.29, 1.82) is 0 Å². The molecule has 3 N–H and O–H groups in total. The van der Waals surface area contributed by atoms with E-state index in [-0.39, 0.29) is 0 Å². The molecule has 2 heteroatoms. The van der Waals surface area contributed by atoms with Gasteiger partial charge in [-0.05, 0) is 82.1 Å². The SMILES string of the molecule is CNC1CCC(C(C)CCC(C)C2CCC(N)CC2)CC1. The molecule has 21 heavy (non-hydrogen) atoms. The summed E-state index contributed by atoms with van der Waals surface area (Å²) in [6.45, 7) is 5.00. The van der Waals surface area contributed by atoms with E-state index in [1.807, 2.05) is 0 Å².